The second-order valence-corrected chi connectivity index (χ2v) is 6.02. The Morgan fingerprint density at radius 2 is 1.43 bits per heavy atom. The monoisotopic (exact) mass is 392 g/mol. The first-order valence-electron chi connectivity index (χ1n) is 6.03. The van der Waals surface area contributed by atoms with Crippen LogP contribution in [0.1, 0.15) is 25.7 Å². The Hall–Kier alpha value is -0.100. The van der Waals surface area contributed by atoms with Crippen molar-refractivity contribution in [3.63, 3.8) is 0 Å². The summed E-state index contributed by atoms with van der Waals surface area (Å²) >= 11 is 29.8. The fourth-order valence-corrected chi connectivity index (χ4v) is 2.75. The topological polar surface area (TPSA) is 64.3 Å². The zero-order chi connectivity index (χ0) is 16.0. The van der Waals surface area contributed by atoms with E-state index in [1.807, 2.05) is 0 Å². The lowest BCUT2D eigenvalue weighted by molar-refractivity contribution is -0.121. The third-order valence-corrected chi connectivity index (χ3v) is 4.87. The van der Waals surface area contributed by atoms with Crippen LogP contribution in [0.3, 0.4) is 0 Å². The van der Waals surface area contributed by atoms with Gasteiger partial charge in [-0.15, -0.1) is 0 Å². The van der Waals surface area contributed by atoms with Crippen LogP contribution >= 0.6 is 58.0 Å². The fraction of sp³-hybridized carbons (Fsp3) is 0.417. The molecule has 0 saturated carbocycles. The molecule has 0 spiro atoms. The van der Waals surface area contributed by atoms with Crippen LogP contribution in [0.5, 0.6) is 5.75 Å². The highest BCUT2D eigenvalue weighted by Crippen LogP contribution is 2.48. The van der Waals surface area contributed by atoms with Crippen molar-refractivity contribution in [3.05, 3.63) is 25.1 Å². The maximum absolute atomic E-state index is 10.9. The maximum atomic E-state index is 10.9. The number of ether oxygens (including phenoxy) is 1. The lowest BCUT2D eigenvalue weighted by Crippen LogP contribution is -2.29. The number of unbranched alkanes of at least 4 members (excludes halogenated alkanes) is 2. The molecule has 1 aromatic carbocycles. The number of benzene rings is 1. The minimum atomic E-state index is -0.196. The average Bonchev–Trinajstić information content (AvgIpc) is 2.49. The van der Waals surface area contributed by atoms with E-state index in [-0.39, 0.29) is 36.8 Å². The molecule has 4 nitrogen and oxygen atoms in total. The van der Waals surface area contributed by atoms with Crippen LogP contribution in [-0.4, -0.2) is 12.5 Å². The average molecular weight is 395 g/mol. The molecule has 3 N–H and O–H groups in total. The Bertz CT molecular complexity index is 496. The fourth-order valence-electron chi connectivity index (χ4n) is 1.52. The van der Waals surface area contributed by atoms with Gasteiger partial charge in [0.25, 0.3) is 0 Å². The quantitative estimate of drug-likeness (QED) is 0.173. The summed E-state index contributed by atoms with van der Waals surface area (Å²) in [6, 6.07) is 0. The molecule has 1 amide bonds. The van der Waals surface area contributed by atoms with E-state index < -0.39 is 0 Å². The normalized spacial score (nSPS) is 10.6. The lowest BCUT2D eigenvalue weighted by Gasteiger charge is -2.13. The largest absolute Gasteiger partial charge is 0.490 e. The summed E-state index contributed by atoms with van der Waals surface area (Å²) in [5.74, 6) is 4.98. The standard InChI is InChI=1S/C12H13Cl5N2O2/c13-7-8(14)10(16)12(11(17)9(7)15)21-5-3-1-2-4-6(20)19-18/h1-5,18H2,(H,19,20). The molecule has 0 radical (unpaired) electrons. The summed E-state index contributed by atoms with van der Waals surface area (Å²) in [5, 5.41) is 0.537. The van der Waals surface area contributed by atoms with Gasteiger partial charge < -0.3 is 4.74 Å². The van der Waals surface area contributed by atoms with E-state index in [1.54, 1.807) is 0 Å². The Kier molecular flexibility index (Phi) is 8.24. The van der Waals surface area contributed by atoms with Crippen molar-refractivity contribution in [2.75, 3.05) is 6.61 Å². The number of carbonyl (C=O) groups is 1. The molecule has 0 fully saturated rings. The van der Waals surface area contributed by atoms with Gasteiger partial charge in [-0.05, 0) is 19.3 Å². The van der Waals surface area contributed by atoms with E-state index in [1.165, 1.54) is 0 Å². The van der Waals surface area contributed by atoms with Gasteiger partial charge in [-0.3, -0.25) is 10.2 Å². The summed E-state index contributed by atoms with van der Waals surface area (Å²) in [6.45, 7) is 0.359. The third kappa shape index (κ3) is 5.23. The van der Waals surface area contributed by atoms with Crippen molar-refractivity contribution in [2.24, 2.45) is 5.84 Å². The first-order valence-corrected chi connectivity index (χ1v) is 7.92. The second kappa shape index (κ2) is 9.13. The van der Waals surface area contributed by atoms with Gasteiger partial charge in [-0.1, -0.05) is 58.0 Å². The van der Waals surface area contributed by atoms with Gasteiger partial charge in [0.2, 0.25) is 5.91 Å². The summed E-state index contributed by atoms with van der Waals surface area (Å²) in [6.07, 6.45) is 2.58. The predicted molar refractivity (Wildman–Crippen MR) is 87.8 cm³/mol. The van der Waals surface area contributed by atoms with E-state index >= 15 is 0 Å². The Morgan fingerprint density at radius 3 is 1.95 bits per heavy atom. The van der Waals surface area contributed by atoms with Crippen LogP contribution in [-0.2, 0) is 4.79 Å². The molecule has 0 aliphatic heterocycles. The number of halogens is 5. The van der Waals surface area contributed by atoms with Crippen LogP contribution in [0, 0.1) is 0 Å². The molecule has 1 rings (SSSR count). The van der Waals surface area contributed by atoms with Crippen molar-refractivity contribution in [2.45, 2.75) is 25.7 Å². The Balaban J connectivity index is 2.51. The van der Waals surface area contributed by atoms with E-state index in [4.69, 9.17) is 68.6 Å². The SMILES string of the molecule is NNC(=O)CCCCCOc1c(Cl)c(Cl)c(Cl)c(Cl)c1Cl. The zero-order valence-corrected chi connectivity index (χ0v) is 14.6. The predicted octanol–water partition coefficient (Wildman–Crippen LogP) is 4.88. The third-order valence-electron chi connectivity index (χ3n) is 2.63. The van der Waals surface area contributed by atoms with Crippen molar-refractivity contribution in [1.29, 1.82) is 0 Å². The van der Waals surface area contributed by atoms with Crippen LogP contribution in [0.2, 0.25) is 25.1 Å². The highest BCUT2D eigenvalue weighted by atomic mass is 35.5. The van der Waals surface area contributed by atoms with Crippen LogP contribution in [0.4, 0.5) is 0 Å². The number of hydrogen-bond donors (Lipinski definition) is 2. The van der Waals surface area contributed by atoms with Crippen LogP contribution < -0.4 is 16.0 Å². The van der Waals surface area contributed by atoms with Crippen molar-refractivity contribution >= 4 is 63.9 Å². The molecule has 0 aromatic heterocycles. The molecule has 0 unspecified atom stereocenters. The molecular weight excluding hydrogens is 381 g/mol. The van der Waals surface area contributed by atoms with E-state index in [9.17, 15) is 4.79 Å². The van der Waals surface area contributed by atoms with Gasteiger partial charge in [0.1, 0.15) is 10.0 Å². The minimum Gasteiger partial charge on any atom is -0.490 e. The number of rotatable bonds is 7. The summed E-state index contributed by atoms with van der Waals surface area (Å²) in [4.78, 5) is 10.9. The van der Waals surface area contributed by atoms with Gasteiger partial charge in [0.15, 0.2) is 5.75 Å². The molecule has 21 heavy (non-hydrogen) atoms. The lowest BCUT2D eigenvalue weighted by atomic mass is 10.2. The Labute approximate surface area is 147 Å². The van der Waals surface area contributed by atoms with E-state index in [0.29, 0.717) is 25.9 Å². The second-order valence-electron chi connectivity index (χ2n) is 4.13. The van der Waals surface area contributed by atoms with Crippen molar-refractivity contribution < 1.29 is 9.53 Å². The van der Waals surface area contributed by atoms with Crippen LogP contribution in [0.25, 0.3) is 0 Å². The number of hydrazine groups is 1. The molecule has 0 saturated heterocycles. The van der Waals surface area contributed by atoms with Crippen molar-refractivity contribution in [1.82, 2.24) is 5.43 Å². The number of amides is 1. The molecule has 0 atom stereocenters. The summed E-state index contributed by atoms with van der Waals surface area (Å²) in [5.41, 5.74) is 2.07. The smallest absolute Gasteiger partial charge is 0.233 e. The minimum absolute atomic E-state index is 0.0912. The molecular formula is C12H13Cl5N2O2. The van der Waals surface area contributed by atoms with Gasteiger partial charge in [0.05, 0.1) is 21.7 Å². The number of hydrogen-bond acceptors (Lipinski definition) is 3. The number of nitrogens with two attached hydrogens (primary N) is 1. The zero-order valence-electron chi connectivity index (χ0n) is 10.8. The molecule has 0 heterocycles. The first kappa shape index (κ1) is 18.9. The van der Waals surface area contributed by atoms with E-state index in [2.05, 4.69) is 5.43 Å². The highest BCUT2D eigenvalue weighted by Gasteiger charge is 2.20. The molecule has 0 bridgehead atoms. The van der Waals surface area contributed by atoms with Crippen molar-refractivity contribution in [3.8, 4) is 5.75 Å². The van der Waals surface area contributed by atoms with Gasteiger partial charge in [-0.2, -0.15) is 0 Å². The first-order chi connectivity index (χ1) is 9.90. The number of nitrogens with one attached hydrogen (secondary N) is 1. The molecule has 1 aromatic rings. The van der Waals surface area contributed by atoms with Gasteiger partial charge >= 0.3 is 0 Å². The maximum Gasteiger partial charge on any atom is 0.233 e. The molecule has 9 heteroatoms. The van der Waals surface area contributed by atoms with Gasteiger partial charge in [-0.25, -0.2) is 5.84 Å². The number of carbonyl (C=O) groups excluding carboxylic acids is 1. The van der Waals surface area contributed by atoms with Crippen LogP contribution in [0.15, 0.2) is 0 Å². The molecule has 0 aliphatic carbocycles. The molecule has 118 valence electrons. The molecule has 0 aliphatic rings. The highest BCUT2D eigenvalue weighted by molar-refractivity contribution is 6.55. The van der Waals surface area contributed by atoms with Gasteiger partial charge in [0, 0.05) is 6.42 Å². The Morgan fingerprint density at radius 1 is 0.905 bits per heavy atom. The summed E-state index contributed by atoms with van der Waals surface area (Å²) < 4.78 is 5.50. The summed E-state index contributed by atoms with van der Waals surface area (Å²) in [7, 11) is 0. The van der Waals surface area contributed by atoms with E-state index in [0.717, 1.165) is 6.42 Å².